The first-order valence-electron chi connectivity index (χ1n) is 12.3. The monoisotopic (exact) mass is 668 g/mol. The molecule has 0 aliphatic rings. The third kappa shape index (κ3) is 7.68. The third-order valence-electron chi connectivity index (χ3n) is 6.19. The summed E-state index contributed by atoms with van der Waals surface area (Å²) in [5.41, 5.74) is 7.27. The Labute approximate surface area is 261 Å². The SMILES string of the molecule is C#Cc1cc(Nc2ncnc3cnc(NC(=O)/C=C/C[N+](C)(C)Cc4c([N+](=O)[O-])nc(C(N)=O)n4C)cc23)ccc1Cl.[Br-]. The highest BCUT2D eigenvalue weighted by molar-refractivity contribution is 6.31. The second-order valence-corrected chi connectivity index (χ2v) is 10.2. The van der Waals surface area contributed by atoms with Gasteiger partial charge in [0.15, 0.2) is 5.69 Å². The number of hydrogen-bond donors (Lipinski definition) is 3. The number of nitrogens with two attached hydrogens (primary N) is 1. The van der Waals surface area contributed by atoms with Gasteiger partial charge in [-0.15, -0.1) is 6.42 Å². The van der Waals surface area contributed by atoms with E-state index in [0.29, 0.717) is 39.5 Å². The fourth-order valence-corrected chi connectivity index (χ4v) is 4.29. The first-order valence-corrected chi connectivity index (χ1v) is 12.7. The van der Waals surface area contributed by atoms with Crippen LogP contribution in [0.5, 0.6) is 0 Å². The van der Waals surface area contributed by atoms with Gasteiger partial charge in [-0.05, 0) is 40.2 Å². The Bertz CT molecular complexity index is 1800. The van der Waals surface area contributed by atoms with Crippen LogP contribution in [0.3, 0.4) is 0 Å². The summed E-state index contributed by atoms with van der Waals surface area (Å²) < 4.78 is 1.53. The Morgan fingerprint density at radius 2 is 2.00 bits per heavy atom. The number of terminal acetylenes is 1. The molecular weight excluding hydrogens is 644 g/mol. The number of amides is 2. The Morgan fingerprint density at radius 3 is 2.67 bits per heavy atom. The van der Waals surface area contributed by atoms with Crippen molar-refractivity contribution < 1.29 is 36.0 Å². The van der Waals surface area contributed by atoms with E-state index < -0.39 is 22.6 Å². The molecule has 0 aliphatic carbocycles. The summed E-state index contributed by atoms with van der Waals surface area (Å²) in [6, 6.07) is 6.79. The zero-order chi connectivity index (χ0) is 30.6. The second-order valence-electron chi connectivity index (χ2n) is 9.83. The minimum Gasteiger partial charge on any atom is -1.00 e. The maximum atomic E-state index is 12.7. The molecule has 16 heteroatoms. The summed E-state index contributed by atoms with van der Waals surface area (Å²) in [6.07, 6.45) is 11.4. The Balaban J connectivity index is 0.00000506. The predicted octanol–water partition coefficient (Wildman–Crippen LogP) is -0.0810. The van der Waals surface area contributed by atoms with Gasteiger partial charge in [-0.3, -0.25) is 14.2 Å². The van der Waals surface area contributed by atoms with Gasteiger partial charge in [-0.2, -0.15) is 0 Å². The molecule has 0 saturated heterocycles. The number of halogens is 2. The quantitative estimate of drug-likeness (QED) is 0.0683. The van der Waals surface area contributed by atoms with Gasteiger partial charge in [-0.1, -0.05) is 17.5 Å². The molecule has 0 atom stereocenters. The molecule has 4 rings (SSSR count). The molecule has 0 aliphatic heterocycles. The van der Waals surface area contributed by atoms with Gasteiger partial charge in [-0.25, -0.2) is 15.0 Å². The number of carbonyl (C=O) groups is 2. The van der Waals surface area contributed by atoms with Crippen LogP contribution in [0.4, 0.5) is 23.1 Å². The average molecular weight is 670 g/mol. The molecule has 0 bridgehead atoms. The molecule has 222 valence electrons. The number of likely N-dealkylation sites (N-methyl/N-ethyl adjacent to an activating group) is 1. The topological polar surface area (TPSA) is 184 Å². The molecule has 1 aromatic carbocycles. The van der Waals surface area contributed by atoms with Crippen molar-refractivity contribution in [1.82, 2.24) is 24.5 Å². The van der Waals surface area contributed by atoms with Crippen molar-refractivity contribution in [2.75, 3.05) is 31.3 Å². The van der Waals surface area contributed by atoms with Crippen LogP contribution < -0.4 is 33.3 Å². The molecule has 0 fully saturated rings. The van der Waals surface area contributed by atoms with Crippen LogP contribution in [0, 0.1) is 22.5 Å². The molecule has 0 unspecified atom stereocenters. The van der Waals surface area contributed by atoms with Gasteiger partial charge in [0, 0.05) is 29.8 Å². The zero-order valence-electron chi connectivity index (χ0n) is 23.2. The predicted molar refractivity (Wildman–Crippen MR) is 157 cm³/mol. The van der Waals surface area contributed by atoms with E-state index in [1.54, 1.807) is 30.3 Å². The Kier molecular flexibility index (Phi) is 10.1. The van der Waals surface area contributed by atoms with Gasteiger partial charge >= 0.3 is 17.5 Å². The molecule has 14 nitrogen and oxygen atoms in total. The van der Waals surface area contributed by atoms with E-state index in [0.717, 1.165) is 0 Å². The number of nitrogens with zero attached hydrogens (tertiary/aromatic N) is 7. The maximum absolute atomic E-state index is 12.7. The number of nitrogens with one attached hydrogen (secondary N) is 2. The lowest BCUT2D eigenvalue weighted by Gasteiger charge is -2.28. The van der Waals surface area contributed by atoms with Gasteiger partial charge in [0.2, 0.25) is 5.91 Å². The van der Waals surface area contributed by atoms with Gasteiger partial charge < -0.3 is 47.9 Å². The maximum Gasteiger partial charge on any atom is 0.391 e. The number of fused-ring (bicyclic) bond motifs is 1. The summed E-state index contributed by atoms with van der Waals surface area (Å²) in [7, 11) is 5.12. The number of imidazole rings is 1. The number of nitro groups is 1. The highest BCUT2D eigenvalue weighted by atomic mass is 79.9. The van der Waals surface area contributed by atoms with E-state index in [1.807, 2.05) is 14.1 Å². The van der Waals surface area contributed by atoms with Crippen molar-refractivity contribution in [3.05, 3.63) is 81.2 Å². The Hall–Kier alpha value is -4.91. The van der Waals surface area contributed by atoms with Crippen molar-refractivity contribution >= 4 is 57.5 Å². The van der Waals surface area contributed by atoms with Crippen molar-refractivity contribution in [3.8, 4) is 12.3 Å². The lowest BCUT2D eigenvalue weighted by atomic mass is 10.2. The number of quaternary nitrogens is 1. The number of primary amides is 1. The molecule has 0 radical (unpaired) electrons. The summed E-state index contributed by atoms with van der Waals surface area (Å²) in [6.45, 7) is 0.479. The lowest BCUT2D eigenvalue weighted by Crippen LogP contribution is -3.00. The normalized spacial score (nSPS) is 11.1. The van der Waals surface area contributed by atoms with Crippen molar-refractivity contribution in [3.63, 3.8) is 0 Å². The molecule has 4 N–H and O–H groups in total. The van der Waals surface area contributed by atoms with E-state index in [2.05, 4.69) is 36.5 Å². The number of rotatable bonds is 10. The molecule has 2 amide bonds. The second kappa shape index (κ2) is 13.4. The van der Waals surface area contributed by atoms with Crippen LogP contribution in [-0.2, 0) is 18.4 Å². The van der Waals surface area contributed by atoms with E-state index >= 15 is 0 Å². The molecule has 0 spiro atoms. The number of hydrogen-bond acceptors (Lipinski definition) is 9. The molecule has 4 aromatic rings. The van der Waals surface area contributed by atoms with Crippen LogP contribution >= 0.6 is 11.6 Å². The number of carbonyl (C=O) groups excluding carboxylic acids is 2. The van der Waals surface area contributed by atoms with Gasteiger partial charge in [0.1, 0.15) is 24.5 Å². The first kappa shape index (κ1) is 32.6. The van der Waals surface area contributed by atoms with Crippen LogP contribution in [0.1, 0.15) is 21.9 Å². The van der Waals surface area contributed by atoms with Crippen molar-refractivity contribution in [2.45, 2.75) is 6.54 Å². The van der Waals surface area contributed by atoms with E-state index in [-0.39, 0.29) is 45.3 Å². The average Bonchev–Trinajstić information content (AvgIpc) is 3.25. The number of anilines is 3. The zero-order valence-corrected chi connectivity index (χ0v) is 25.5. The molecule has 43 heavy (non-hydrogen) atoms. The van der Waals surface area contributed by atoms with Crippen molar-refractivity contribution in [2.24, 2.45) is 12.8 Å². The number of benzene rings is 1. The molecule has 3 aromatic heterocycles. The van der Waals surface area contributed by atoms with Gasteiger partial charge in [0.25, 0.3) is 0 Å². The molecular formula is C27H26BrClN10O4. The minimum atomic E-state index is -0.867. The van der Waals surface area contributed by atoms with E-state index in [1.165, 1.54) is 30.2 Å². The Morgan fingerprint density at radius 1 is 1.26 bits per heavy atom. The highest BCUT2D eigenvalue weighted by Gasteiger charge is 2.32. The van der Waals surface area contributed by atoms with Crippen LogP contribution in [0.15, 0.2) is 48.9 Å². The van der Waals surface area contributed by atoms with Crippen molar-refractivity contribution in [1.29, 1.82) is 0 Å². The van der Waals surface area contributed by atoms with Crippen LogP contribution in [-0.4, -0.2) is 66.4 Å². The van der Waals surface area contributed by atoms with Gasteiger partial charge in [0.05, 0.1) is 37.4 Å². The summed E-state index contributed by atoms with van der Waals surface area (Å²) >= 11 is 6.10. The minimum absolute atomic E-state index is 0. The fourth-order valence-electron chi connectivity index (χ4n) is 4.12. The largest absolute Gasteiger partial charge is 1.00 e. The molecule has 3 heterocycles. The third-order valence-corrected chi connectivity index (χ3v) is 6.52. The smallest absolute Gasteiger partial charge is 0.391 e. The summed E-state index contributed by atoms with van der Waals surface area (Å²) in [4.78, 5) is 51.7. The standard InChI is InChI=1S/C27H25ClN10O4.BrH/c1-5-16-11-17(8-9-19(16)28)33-25-18-12-22(30-13-20(18)31-15-32-25)34-23(39)7-6-10-38(3,4)14-21-26(37(41)42)35-27(24(29)40)36(21)2;/h1,6-9,11-13,15H,10,14H2,2-4H3,(H3-,29,30,31,32,33,34,35,39,40);1H/b7-6+;. The van der Waals surface area contributed by atoms with Crippen LogP contribution in [0.2, 0.25) is 5.02 Å². The number of pyridine rings is 1. The van der Waals surface area contributed by atoms with Crippen LogP contribution in [0.25, 0.3) is 10.9 Å². The highest BCUT2D eigenvalue weighted by Crippen LogP contribution is 2.27. The summed E-state index contributed by atoms with van der Waals surface area (Å²) in [5.74, 6) is 1.32. The van der Waals surface area contributed by atoms with E-state index in [9.17, 15) is 19.7 Å². The molecule has 0 saturated carbocycles. The fraction of sp³-hybridized carbons (Fsp3) is 0.185. The van der Waals surface area contributed by atoms with E-state index in [4.69, 9.17) is 23.8 Å². The lowest BCUT2D eigenvalue weighted by molar-refractivity contribution is -0.898. The first-order chi connectivity index (χ1) is 19.9. The number of aromatic nitrogens is 5. The summed E-state index contributed by atoms with van der Waals surface area (Å²) in [5, 5.41) is 18.4.